The molecule has 0 atom stereocenters. The Kier molecular flexibility index (Phi) is 12.2. The summed E-state index contributed by atoms with van der Waals surface area (Å²) in [7, 11) is 0. The summed E-state index contributed by atoms with van der Waals surface area (Å²) >= 11 is 0. The summed E-state index contributed by atoms with van der Waals surface area (Å²) in [6, 6.07) is 6.72. The van der Waals surface area contributed by atoms with E-state index in [2.05, 4.69) is 45.9 Å². The minimum atomic E-state index is 0.261. The molecule has 1 nitrogen and oxygen atoms in total. The maximum Gasteiger partial charge on any atom is 0.155 e. The number of hydrogen-bond donors (Lipinski definition) is 0. The second-order valence-corrected chi connectivity index (χ2v) is 6.49. The van der Waals surface area contributed by atoms with Crippen molar-refractivity contribution >= 4 is 5.78 Å². The van der Waals surface area contributed by atoms with Crippen LogP contribution < -0.4 is 0 Å². The zero-order valence-electron chi connectivity index (χ0n) is 17.0. The van der Waals surface area contributed by atoms with Gasteiger partial charge in [0.05, 0.1) is 0 Å². The molecule has 0 aromatic heterocycles. The first-order valence-electron chi connectivity index (χ1n) is 9.80. The maximum absolute atomic E-state index is 12.0. The molecule has 0 aliphatic heterocycles. The Morgan fingerprint density at radius 3 is 1.88 bits per heavy atom. The van der Waals surface area contributed by atoms with Crippen molar-refractivity contribution in [3.05, 3.63) is 46.5 Å². The van der Waals surface area contributed by atoms with E-state index in [1.165, 1.54) is 47.9 Å². The minimum Gasteiger partial charge on any atom is -0.295 e. The van der Waals surface area contributed by atoms with Crippen LogP contribution in [0.1, 0.15) is 83.4 Å². The predicted octanol–water partition coefficient (Wildman–Crippen LogP) is 6.99. The third-order valence-electron chi connectivity index (χ3n) is 4.18. The third kappa shape index (κ3) is 8.47. The zero-order chi connectivity index (χ0) is 18.5. The number of aryl methyl sites for hydroxylation is 2. The van der Waals surface area contributed by atoms with Crippen LogP contribution in [0.15, 0.2) is 29.8 Å². The van der Waals surface area contributed by atoms with Gasteiger partial charge in [-0.25, -0.2) is 0 Å². The van der Waals surface area contributed by atoms with Crippen molar-refractivity contribution in [1.29, 1.82) is 0 Å². The van der Waals surface area contributed by atoms with Crippen molar-refractivity contribution in [1.82, 2.24) is 0 Å². The van der Waals surface area contributed by atoms with Crippen molar-refractivity contribution < 1.29 is 4.79 Å². The first-order chi connectivity index (χ1) is 11.5. The van der Waals surface area contributed by atoms with Gasteiger partial charge in [0.2, 0.25) is 0 Å². The topological polar surface area (TPSA) is 17.1 Å². The van der Waals surface area contributed by atoms with E-state index >= 15 is 0 Å². The smallest absolute Gasteiger partial charge is 0.155 e. The highest BCUT2D eigenvalue weighted by Crippen LogP contribution is 2.27. The highest BCUT2D eigenvalue weighted by atomic mass is 16.1. The largest absolute Gasteiger partial charge is 0.295 e. The van der Waals surface area contributed by atoms with Crippen molar-refractivity contribution in [2.45, 2.75) is 87.0 Å². The number of benzene rings is 1. The van der Waals surface area contributed by atoms with Gasteiger partial charge in [0.25, 0.3) is 0 Å². The fraction of sp³-hybridized carbons (Fsp3) is 0.609. The summed E-state index contributed by atoms with van der Waals surface area (Å²) in [5.41, 5.74) is 5.28. The Hall–Kier alpha value is -1.37. The molecule has 0 spiro atoms. The molecule has 0 N–H and O–H groups in total. The van der Waals surface area contributed by atoms with Gasteiger partial charge in [-0.2, -0.15) is 0 Å². The van der Waals surface area contributed by atoms with Crippen LogP contribution in [0.25, 0.3) is 0 Å². The van der Waals surface area contributed by atoms with E-state index in [0.717, 1.165) is 6.42 Å². The number of allylic oxidation sites excluding steroid dienone is 2. The Labute approximate surface area is 150 Å². The van der Waals surface area contributed by atoms with E-state index < -0.39 is 0 Å². The van der Waals surface area contributed by atoms with Gasteiger partial charge in [-0.1, -0.05) is 82.4 Å². The molecule has 1 aromatic carbocycles. The molecule has 136 valence electrons. The van der Waals surface area contributed by atoms with Gasteiger partial charge in [0, 0.05) is 6.42 Å². The normalized spacial score (nSPS) is 11.2. The molecule has 0 bridgehead atoms. The highest BCUT2D eigenvalue weighted by molar-refractivity contribution is 5.90. The number of ketones is 1. The molecule has 0 fully saturated rings. The second kappa shape index (κ2) is 13.0. The van der Waals surface area contributed by atoms with Crippen LogP contribution >= 0.6 is 0 Å². The lowest BCUT2D eigenvalue weighted by Crippen LogP contribution is -2.09. The van der Waals surface area contributed by atoms with Gasteiger partial charge in [-0.3, -0.25) is 4.79 Å². The van der Waals surface area contributed by atoms with Crippen LogP contribution in [0, 0.1) is 19.8 Å². The summed E-state index contributed by atoms with van der Waals surface area (Å²) in [5, 5.41) is 0. The van der Waals surface area contributed by atoms with E-state index in [1.807, 2.05) is 26.8 Å². The molecule has 0 heterocycles. The monoisotopic (exact) mass is 330 g/mol. The Morgan fingerprint density at radius 2 is 1.46 bits per heavy atom. The molecule has 0 saturated carbocycles. The molecule has 1 heteroatoms. The van der Waals surface area contributed by atoms with Gasteiger partial charge in [0.1, 0.15) is 0 Å². The van der Waals surface area contributed by atoms with Gasteiger partial charge in [-0.15, -0.1) is 0 Å². The Morgan fingerprint density at radius 1 is 0.958 bits per heavy atom. The molecule has 0 radical (unpaired) electrons. The lowest BCUT2D eigenvalue weighted by atomic mass is 9.85. The quantitative estimate of drug-likeness (QED) is 0.446. The molecule has 1 aromatic rings. The second-order valence-electron chi connectivity index (χ2n) is 6.49. The molecule has 0 aliphatic carbocycles. The average molecular weight is 331 g/mol. The van der Waals surface area contributed by atoms with Gasteiger partial charge in [-0.05, 0) is 50.7 Å². The molecule has 0 amide bonds. The number of carbonyl (C=O) groups is 1. The fourth-order valence-electron chi connectivity index (χ4n) is 3.24. The molecule has 24 heavy (non-hydrogen) atoms. The van der Waals surface area contributed by atoms with E-state index in [0.29, 0.717) is 12.3 Å². The van der Waals surface area contributed by atoms with Crippen LogP contribution in [-0.2, 0) is 11.2 Å². The van der Waals surface area contributed by atoms with Crippen LogP contribution in [0.4, 0.5) is 0 Å². The summed E-state index contributed by atoms with van der Waals surface area (Å²) < 4.78 is 0. The highest BCUT2D eigenvalue weighted by Gasteiger charge is 2.15. The van der Waals surface area contributed by atoms with Gasteiger partial charge >= 0.3 is 0 Å². The zero-order valence-corrected chi connectivity index (χ0v) is 17.0. The minimum absolute atomic E-state index is 0.261. The number of hydrogen-bond acceptors (Lipinski definition) is 1. The van der Waals surface area contributed by atoms with Crippen LogP contribution in [0.2, 0.25) is 0 Å². The number of rotatable bonds is 9. The molecular weight excluding hydrogens is 292 g/mol. The lowest BCUT2D eigenvalue weighted by molar-refractivity contribution is -0.114. The molecular formula is C23H38O. The molecule has 0 unspecified atom stereocenters. The average Bonchev–Trinajstić information content (AvgIpc) is 2.55. The van der Waals surface area contributed by atoms with Crippen molar-refractivity contribution in [3.8, 4) is 0 Å². The predicted molar refractivity (Wildman–Crippen MR) is 108 cm³/mol. The molecule has 1 rings (SSSR count). The van der Waals surface area contributed by atoms with Crippen LogP contribution in [-0.4, -0.2) is 5.78 Å². The van der Waals surface area contributed by atoms with Crippen LogP contribution in [0.3, 0.4) is 0 Å². The van der Waals surface area contributed by atoms with E-state index in [4.69, 9.17) is 0 Å². The van der Waals surface area contributed by atoms with Gasteiger partial charge in [0.15, 0.2) is 5.78 Å². The van der Waals surface area contributed by atoms with Crippen molar-refractivity contribution in [2.24, 2.45) is 5.92 Å². The first kappa shape index (κ1) is 22.6. The molecule has 0 aliphatic rings. The lowest BCUT2D eigenvalue weighted by Gasteiger charge is -2.20. The van der Waals surface area contributed by atoms with E-state index in [1.54, 1.807) is 0 Å². The summed E-state index contributed by atoms with van der Waals surface area (Å²) in [6.07, 6.45) is 8.17. The van der Waals surface area contributed by atoms with E-state index in [-0.39, 0.29) is 5.78 Å². The standard InChI is InChI=1S/C21H32O.C2H6/c1-6-9-19(10-7-2)20(15-21(22)8-3)14-18-12-16(4)11-17(5)13-18;1-2/h11-13,15,19H,6-10,14H2,1-5H3;1-2H3/b20-15-;. The molecule has 0 saturated heterocycles. The van der Waals surface area contributed by atoms with Gasteiger partial charge < -0.3 is 0 Å². The summed E-state index contributed by atoms with van der Waals surface area (Å²) in [6.45, 7) is 14.7. The Bertz CT molecular complexity index is 485. The first-order valence-corrected chi connectivity index (χ1v) is 9.80. The SMILES string of the molecule is CC.CCCC(CCC)/C(=C\C(=O)CC)Cc1cc(C)cc(C)c1. The summed E-state index contributed by atoms with van der Waals surface area (Å²) in [4.78, 5) is 12.0. The van der Waals surface area contributed by atoms with Crippen LogP contribution in [0.5, 0.6) is 0 Å². The summed E-state index contributed by atoms with van der Waals surface area (Å²) in [5.74, 6) is 0.808. The number of carbonyl (C=O) groups excluding carboxylic acids is 1. The van der Waals surface area contributed by atoms with Crippen molar-refractivity contribution in [2.75, 3.05) is 0 Å². The third-order valence-corrected chi connectivity index (χ3v) is 4.18. The van der Waals surface area contributed by atoms with Crippen molar-refractivity contribution in [3.63, 3.8) is 0 Å². The maximum atomic E-state index is 12.0. The Balaban J connectivity index is 0.00000254. The van der Waals surface area contributed by atoms with E-state index in [9.17, 15) is 4.79 Å². The fourth-order valence-corrected chi connectivity index (χ4v) is 3.24.